The summed E-state index contributed by atoms with van der Waals surface area (Å²) in [6, 6.07) is 12.1. The largest absolute Gasteiger partial charge is 0.356 e. The Labute approximate surface area is 105 Å². The molecule has 2 heterocycles. The van der Waals surface area contributed by atoms with E-state index in [1.807, 2.05) is 35.0 Å². The summed E-state index contributed by atoms with van der Waals surface area (Å²) in [4.78, 5) is 8.23. The van der Waals surface area contributed by atoms with Crippen molar-refractivity contribution in [1.29, 1.82) is 0 Å². The van der Waals surface area contributed by atoms with Crippen molar-refractivity contribution < 1.29 is 4.74 Å². The van der Waals surface area contributed by atoms with Crippen molar-refractivity contribution in [2.75, 3.05) is 0 Å². The Hall–Kier alpha value is -2.20. The molecule has 0 unspecified atom stereocenters. The van der Waals surface area contributed by atoms with Gasteiger partial charge in [-0.05, 0) is 11.6 Å². The van der Waals surface area contributed by atoms with Gasteiger partial charge in [-0.1, -0.05) is 30.3 Å². The van der Waals surface area contributed by atoms with Gasteiger partial charge in [-0.3, -0.25) is 0 Å². The molecular formula is C14H13N3O. The van der Waals surface area contributed by atoms with Gasteiger partial charge in [0.1, 0.15) is 18.7 Å². The van der Waals surface area contributed by atoms with Gasteiger partial charge in [0.15, 0.2) is 0 Å². The molecule has 90 valence electrons. The zero-order valence-corrected chi connectivity index (χ0v) is 9.86. The molecule has 0 fully saturated rings. The normalized spacial score (nSPS) is 10.9. The smallest absolute Gasteiger partial charge is 0.145 e. The Kier molecular flexibility index (Phi) is 3.02. The van der Waals surface area contributed by atoms with Crippen LogP contribution in [0.25, 0.3) is 11.0 Å². The Balaban J connectivity index is 1.67. The molecule has 3 aromatic rings. The van der Waals surface area contributed by atoms with E-state index in [4.69, 9.17) is 4.74 Å². The molecule has 0 atom stereocenters. The van der Waals surface area contributed by atoms with Crippen LogP contribution in [-0.2, 0) is 18.1 Å². The minimum Gasteiger partial charge on any atom is -0.356 e. The van der Waals surface area contributed by atoms with E-state index < -0.39 is 0 Å². The first kappa shape index (κ1) is 10.9. The van der Waals surface area contributed by atoms with Crippen LogP contribution in [0.2, 0.25) is 0 Å². The zero-order valence-electron chi connectivity index (χ0n) is 9.86. The predicted molar refractivity (Wildman–Crippen MR) is 68.8 cm³/mol. The summed E-state index contributed by atoms with van der Waals surface area (Å²) in [6.07, 6.45) is 5.32. The maximum Gasteiger partial charge on any atom is 0.145 e. The lowest BCUT2D eigenvalue weighted by molar-refractivity contribution is 0.0664. The number of aromatic nitrogens is 3. The summed E-state index contributed by atoms with van der Waals surface area (Å²) in [7, 11) is 0. The summed E-state index contributed by atoms with van der Waals surface area (Å²) in [5.41, 5.74) is 2.07. The third-order valence-corrected chi connectivity index (χ3v) is 2.77. The van der Waals surface area contributed by atoms with Gasteiger partial charge in [-0.2, -0.15) is 0 Å². The van der Waals surface area contributed by atoms with Crippen LogP contribution in [0.5, 0.6) is 0 Å². The Morgan fingerprint density at radius 2 is 2.00 bits per heavy atom. The van der Waals surface area contributed by atoms with Crippen LogP contribution >= 0.6 is 0 Å². The van der Waals surface area contributed by atoms with E-state index in [0.717, 1.165) is 11.0 Å². The van der Waals surface area contributed by atoms with Crippen LogP contribution in [0, 0.1) is 0 Å². The van der Waals surface area contributed by atoms with E-state index in [0.29, 0.717) is 13.3 Å². The monoisotopic (exact) mass is 239 g/mol. The van der Waals surface area contributed by atoms with Gasteiger partial charge >= 0.3 is 0 Å². The highest BCUT2D eigenvalue weighted by atomic mass is 16.5. The average molecular weight is 239 g/mol. The third-order valence-electron chi connectivity index (χ3n) is 2.77. The molecule has 0 saturated heterocycles. The Morgan fingerprint density at radius 1 is 1.11 bits per heavy atom. The van der Waals surface area contributed by atoms with E-state index in [-0.39, 0.29) is 0 Å². The molecule has 0 N–H and O–H groups in total. The number of fused-ring (bicyclic) bond motifs is 1. The van der Waals surface area contributed by atoms with Gasteiger partial charge in [-0.25, -0.2) is 9.97 Å². The maximum absolute atomic E-state index is 5.67. The van der Waals surface area contributed by atoms with Crippen molar-refractivity contribution in [1.82, 2.24) is 14.5 Å². The van der Waals surface area contributed by atoms with E-state index in [9.17, 15) is 0 Å². The fraction of sp³-hybridized carbons (Fsp3) is 0.143. The number of benzene rings is 1. The highest BCUT2D eigenvalue weighted by Gasteiger charge is 2.01. The SMILES string of the molecule is c1ccc(COCn2ccc3cncnc32)cc1. The molecule has 2 aromatic heterocycles. The number of hydrogen-bond acceptors (Lipinski definition) is 3. The molecule has 0 bridgehead atoms. The molecule has 4 nitrogen and oxygen atoms in total. The van der Waals surface area contributed by atoms with Crippen molar-refractivity contribution in [3.05, 3.63) is 60.7 Å². The van der Waals surface area contributed by atoms with Crippen LogP contribution in [0.3, 0.4) is 0 Å². The van der Waals surface area contributed by atoms with E-state index in [1.165, 1.54) is 5.56 Å². The molecule has 18 heavy (non-hydrogen) atoms. The highest BCUT2D eigenvalue weighted by molar-refractivity contribution is 5.74. The van der Waals surface area contributed by atoms with Crippen LogP contribution < -0.4 is 0 Å². The summed E-state index contributed by atoms with van der Waals surface area (Å²) in [5, 5.41) is 1.03. The second kappa shape index (κ2) is 4.98. The van der Waals surface area contributed by atoms with Crippen molar-refractivity contribution in [3.63, 3.8) is 0 Å². The standard InChI is InChI=1S/C14H13N3O/c1-2-4-12(5-3-1)9-18-11-17-7-6-13-8-15-10-16-14(13)17/h1-8,10H,9,11H2. The van der Waals surface area contributed by atoms with Crippen molar-refractivity contribution in [2.45, 2.75) is 13.3 Å². The van der Waals surface area contributed by atoms with Gasteiger partial charge in [0.05, 0.1) is 6.61 Å². The second-order valence-electron chi connectivity index (χ2n) is 4.05. The van der Waals surface area contributed by atoms with E-state index >= 15 is 0 Å². The molecule has 0 aliphatic rings. The molecule has 0 aliphatic carbocycles. The van der Waals surface area contributed by atoms with Gasteiger partial charge in [0.25, 0.3) is 0 Å². The lowest BCUT2D eigenvalue weighted by atomic mass is 10.2. The van der Waals surface area contributed by atoms with Crippen LogP contribution in [0.15, 0.2) is 55.1 Å². The van der Waals surface area contributed by atoms with Gasteiger partial charge < -0.3 is 9.30 Å². The Morgan fingerprint density at radius 3 is 2.89 bits per heavy atom. The summed E-state index contributed by atoms with van der Waals surface area (Å²) in [5.74, 6) is 0. The first-order chi connectivity index (χ1) is 8.93. The van der Waals surface area contributed by atoms with Gasteiger partial charge in [-0.15, -0.1) is 0 Å². The minimum absolute atomic E-state index is 0.495. The quantitative estimate of drug-likeness (QED) is 0.702. The first-order valence-electron chi connectivity index (χ1n) is 5.80. The fourth-order valence-corrected chi connectivity index (χ4v) is 1.87. The molecule has 0 spiro atoms. The van der Waals surface area contributed by atoms with Crippen LogP contribution in [0.4, 0.5) is 0 Å². The average Bonchev–Trinajstić information content (AvgIpc) is 2.84. The highest BCUT2D eigenvalue weighted by Crippen LogP contribution is 2.11. The van der Waals surface area contributed by atoms with Crippen molar-refractivity contribution in [2.24, 2.45) is 0 Å². The van der Waals surface area contributed by atoms with Crippen LogP contribution in [0.1, 0.15) is 5.56 Å². The van der Waals surface area contributed by atoms with Gasteiger partial charge in [0, 0.05) is 17.8 Å². The third kappa shape index (κ3) is 2.24. The fourth-order valence-electron chi connectivity index (χ4n) is 1.87. The molecule has 3 rings (SSSR count). The lowest BCUT2D eigenvalue weighted by Crippen LogP contribution is -2.02. The number of hydrogen-bond donors (Lipinski definition) is 0. The molecule has 0 saturated carbocycles. The zero-order chi connectivity index (χ0) is 12.2. The summed E-state index contributed by atoms with van der Waals surface area (Å²) < 4.78 is 7.65. The van der Waals surface area contributed by atoms with E-state index in [1.54, 1.807) is 12.5 Å². The molecule has 0 amide bonds. The van der Waals surface area contributed by atoms with Crippen molar-refractivity contribution in [3.8, 4) is 0 Å². The van der Waals surface area contributed by atoms with Gasteiger partial charge in [0.2, 0.25) is 0 Å². The maximum atomic E-state index is 5.67. The lowest BCUT2D eigenvalue weighted by Gasteiger charge is -2.06. The number of ether oxygens (including phenoxy) is 1. The molecule has 4 heteroatoms. The number of nitrogens with zero attached hydrogens (tertiary/aromatic N) is 3. The van der Waals surface area contributed by atoms with E-state index in [2.05, 4.69) is 22.1 Å². The predicted octanol–water partition coefficient (Wildman–Crippen LogP) is 2.61. The molecule has 1 aromatic carbocycles. The first-order valence-corrected chi connectivity index (χ1v) is 5.80. The second-order valence-corrected chi connectivity index (χ2v) is 4.05. The topological polar surface area (TPSA) is 39.9 Å². The summed E-state index contributed by atoms with van der Waals surface area (Å²) >= 11 is 0. The number of rotatable bonds is 4. The molecular weight excluding hydrogens is 226 g/mol. The van der Waals surface area contributed by atoms with Crippen LogP contribution in [-0.4, -0.2) is 14.5 Å². The molecule has 0 radical (unpaired) electrons. The summed E-state index contributed by atoms with van der Waals surface area (Å²) in [6.45, 7) is 1.10. The van der Waals surface area contributed by atoms with Crippen molar-refractivity contribution >= 4 is 11.0 Å². The Bertz CT molecular complexity index is 634. The minimum atomic E-state index is 0.495. The molecule has 0 aliphatic heterocycles.